The number of hydrogen-bond acceptors (Lipinski definition) is 4. The van der Waals surface area contributed by atoms with Gasteiger partial charge in [-0.15, -0.1) is 0 Å². The molecule has 0 saturated carbocycles. The van der Waals surface area contributed by atoms with Gasteiger partial charge in [0.1, 0.15) is 0 Å². The van der Waals surface area contributed by atoms with Gasteiger partial charge in [-0.05, 0) is 32.8 Å². The molecule has 0 radical (unpaired) electrons. The number of aromatic nitrogens is 3. The highest BCUT2D eigenvalue weighted by Crippen LogP contribution is 2.24. The molecule has 2 aromatic heterocycles. The van der Waals surface area contributed by atoms with Gasteiger partial charge in [-0.1, -0.05) is 30.3 Å². The zero-order valence-electron chi connectivity index (χ0n) is 16.2. The highest BCUT2D eigenvalue weighted by Gasteiger charge is 2.28. The number of pyridine rings is 1. The van der Waals surface area contributed by atoms with Crippen molar-refractivity contribution in [1.29, 1.82) is 0 Å². The molecule has 1 fully saturated rings. The second kappa shape index (κ2) is 7.54. The predicted molar refractivity (Wildman–Crippen MR) is 107 cm³/mol. The van der Waals surface area contributed by atoms with Crippen molar-refractivity contribution in [2.45, 2.75) is 32.7 Å². The number of Topliss-reactive ketones (excluding diaryl/α,β-unsaturated/α-hetero) is 1. The van der Waals surface area contributed by atoms with Crippen LogP contribution in [0.1, 0.15) is 53.4 Å². The van der Waals surface area contributed by atoms with Gasteiger partial charge in [0.05, 0.1) is 11.8 Å². The standard InChI is InChI=1S/C22H24N4O2/c1-15(2)26-21-18(14-24-26)12-19(13-23-21)22(28)25-10-8-17(9-11-25)20(27)16-6-4-3-5-7-16/h3-7,12-15,17H,8-11H2,1-2H3. The summed E-state index contributed by atoms with van der Waals surface area (Å²) in [5.74, 6) is 0.130. The Morgan fingerprint density at radius 2 is 1.75 bits per heavy atom. The zero-order valence-corrected chi connectivity index (χ0v) is 16.2. The number of ketones is 1. The number of nitrogens with zero attached hydrogens (tertiary/aromatic N) is 4. The number of rotatable bonds is 4. The maximum Gasteiger partial charge on any atom is 0.255 e. The molecule has 0 aliphatic carbocycles. The summed E-state index contributed by atoms with van der Waals surface area (Å²) in [6.45, 7) is 5.28. The fourth-order valence-electron chi connectivity index (χ4n) is 3.80. The number of hydrogen-bond donors (Lipinski definition) is 0. The Balaban J connectivity index is 1.44. The highest BCUT2D eigenvalue weighted by molar-refractivity contribution is 5.99. The van der Waals surface area contributed by atoms with Gasteiger partial charge in [-0.2, -0.15) is 5.10 Å². The van der Waals surface area contributed by atoms with Crippen LogP contribution in [0.15, 0.2) is 48.8 Å². The van der Waals surface area contributed by atoms with E-state index < -0.39 is 0 Å². The molecule has 1 aromatic carbocycles. The molecule has 0 N–H and O–H groups in total. The Hall–Kier alpha value is -3.02. The Bertz CT molecular complexity index is 1000. The first-order chi connectivity index (χ1) is 13.5. The largest absolute Gasteiger partial charge is 0.339 e. The summed E-state index contributed by atoms with van der Waals surface area (Å²) >= 11 is 0. The van der Waals surface area contributed by atoms with E-state index in [0.717, 1.165) is 16.6 Å². The maximum atomic E-state index is 12.9. The van der Waals surface area contributed by atoms with Gasteiger partial charge in [0.15, 0.2) is 11.4 Å². The molecular weight excluding hydrogens is 352 g/mol. The fraction of sp³-hybridized carbons (Fsp3) is 0.364. The van der Waals surface area contributed by atoms with Crippen molar-refractivity contribution in [2.24, 2.45) is 5.92 Å². The van der Waals surface area contributed by atoms with Crippen LogP contribution in [-0.2, 0) is 0 Å². The summed E-state index contributed by atoms with van der Waals surface area (Å²) in [6, 6.07) is 11.5. The molecule has 1 aliphatic rings. The summed E-state index contributed by atoms with van der Waals surface area (Å²) in [5, 5.41) is 5.23. The van der Waals surface area contributed by atoms with Crippen molar-refractivity contribution < 1.29 is 9.59 Å². The van der Waals surface area contributed by atoms with Crippen LogP contribution in [0, 0.1) is 5.92 Å². The lowest BCUT2D eigenvalue weighted by Crippen LogP contribution is -2.40. The van der Waals surface area contributed by atoms with E-state index in [0.29, 0.717) is 31.5 Å². The molecular formula is C22H24N4O2. The molecule has 4 rings (SSSR count). The molecule has 0 spiro atoms. The Kier molecular flexibility index (Phi) is 4.94. The van der Waals surface area contributed by atoms with Gasteiger partial charge in [0.2, 0.25) is 0 Å². The maximum absolute atomic E-state index is 12.9. The predicted octanol–water partition coefficient (Wildman–Crippen LogP) is 3.75. The minimum atomic E-state index is -0.0303. The van der Waals surface area contributed by atoms with Crippen LogP contribution < -0.4 is 0 Å². The van der Waals surface area contributed by atoms with Crippen LogP contribution in [0.25, 0.3) is 11.0 Å². The second-order valence-electron chi connectivity index (χ2n) is 7.62. The lowest BCUT2D eigenvalue weighted by molar-refractivity contribution is 0.0650. The van der Waals surface area contributed by atoms with E-state index in [2.05, 4.69) is 10.1 Å². The molecule has 1 aliphatic heterocycles. The molecule has 0 unspecified atom stereocenters. The second-order valence-corrected chi connectivity index (χ2v) is 7.62. The van der Waals surface area contributed by atoms with Crippen molar-refractivity contribution in [3.05, 3.63) is 59.9 Å². The monoisotopic (exact) mass is 376 g/mol. The first kappa shape index (κ1) is 18.3. The summed E-state index contributed by atoms with van der Waals surface area (Å²) in [4.78, 5) is 31.8. The van der Waals surface area contributed by atoms with Crippen molar-refractivity contribution in [3.8, 4) is 0 Å². The number of piperidine rings is 1. The number of benzene rings is 1. The van der Waals surface area contributed by atoms with Gasteiger partial charge >= 0.3 is 0 Å². The normalized spacial score (nSPS) is 15.3. The van der Waals surface area contributed by atoms with Crippen molar-refractivity contribution in [1.82, 2.24) is 19.7 Å². The van der Waals surface area contributed by atoms with E-state index in [4.69, 9.17) is 0 Å². The first-order valence-corrected chi connectivity index (χ1v) is 9.76. The molecule has 1 amide bonds. The quantitative estimate of drug-likeness (QED) is 0.651. The minimum Gasteiger partial charge on any atom is -0.339 e. The molecule has 3 heterocycles. The molecule has 3 aromatic rings. The third-order valence-electron chi connectivity index (χ3n) is 5.38. The van der Waals surface area contributed by atoms with E-state index in [9.17, 15) is 9.59 Å². The molecule has 1 saturated heterocycles. The van der Waals surface area contributed by atoms with Crippen molar-refractivity contribution in [3.63, 3.8) is 0 Å². The summed E-state index contributed by atoms with van der Waals surface area (Å²) < 4.78 is 1.85. The van der Waals surface area contributed by atoms with Gasteiger partial charge in [0.25, 0.3) is 5.91 Å². The molecule has 0 bridgehead atoms. The Labute approximate surface area is 164 Å². The Morgan fingerprint density at radius 3 is 2.43 bits per heavy atom. The average Bonchev–Trinajstić information content (AvgIpc) is 3.17. The van der Waals surface area contributed by atoms with E-state index in [1.165, 1.54) is 0 Å². The number of likely N-dealkylation sites (tertiary alicyclic amines) is 1. The molecule has 0 atom stereocenters. The number of amides is 1. The SMILES string of the molecule is CC(C)n1ncc2cc(C(=O)N3CCC(C(=O)c4ccccc4)CC3)cnc21. The fourth-order valence-corrected chi connectivity index (χ4v) is 3.80. The summed E-state index contributed by atoms with van der Waals surface area (Å²) in [5.41, 5.74) is 2.12. The molecule has 28 heavy (non-hydrogen) atoms. The number of carbonyl (C=O) groups is 2. The van der Waals surface area contributed by atoms with Crippen LogP contribution >= 0.6 is 0 Å². The summed E-state index contributed by atoms with van der Waals surface area (Å²) in [6.07, 6.45) is 4.77. The lowest BCUT2D eigenvalue weighted by atomic mass is 9.88. The smallest absolute Gasteiger partial charge is 0.255 e. The summed E-state index contributed by atoms with van der Waals surface area (Å²) in [7, 11) is 0. The Morgan fingerprint density at radius 1 is 1.04 bits per heavy atom. The van der Waals surface area contributed by atoms with E-state index >= 15 is 0 Å². The van der Waals surface area contributed by atoms with E-state index in [1.54, 1.807) is 12.4 Å². The van der Waals surface area contributed by atoms with Crippen LogP contribution in [0.4, 0.5) is 0 Å². The van der Waals surface area contributed by atoms with Crippen LogP contribution in [0.2, 0.25) is 0 Å². The van der Waals surface area contributed by atoms with Gasteiger partial charge < -0.3 is 4.90 Å². The highest BCUT2D eigenvalue weighted by atomic mass is 16.2. The molecule has 6 nitrogen and oxygen atoms in total. The number of carbonyl (C=O) groups excluding carboxylic acids is 2. The van der Waals surface area contributed by atoms with Gasteiger partial charge in [-0.25, -0.2) is 9.67 Å². The third kappa shape index (κ3) is 3.42. The minimum absolute atomic E-state index is 0.0173. The molecule has 6 heteroatoms. The third-order valence-corrected chi connectivity index (χ3v) is 5.38. The topological polar surface area (TPSA) is 68.1 Å². The van der Waals surface area contributed by atoms with Gasteiger partial charge in [0, 0.05) is 42.2 Å². The lowest BCUT2D eigenvalue weighted by Gasteiger charge is -2.31. The van der Waals surface area contributed by atoms with Crippen LogP contribution in [-0.4, -0.2) is 44.4 Å². The van der Waals surface area contributed by atoms with Crippen LogP contribution in [0.3, 0.4) is 0 Å². The first-order valence-electron chi connectivity index (χ1n) is 9.76. The van der Waals surface area contributed by atoms with Crippen LogP contribution in [0.5, 0.6) is 0 Å². The van der Waals surface area contributed by atoms with Gasteiger partial charge in [-0.3, -0.25) is 9.59 Å². The average molecular weight is 376 g/mol. The van der Waals surface area contributed by atoms with E-state index in [-0.39, 0.29) is 23.7 Å². The van der Waals surface area contributed by atoms with Crippen molar-refractivity contribution in [2.75, 3.05) is 13.1 Å². The zero-order chi connectivity index (χ0) is 19.7. The number of fused-ring (bicyclic) bond motifs is 1. The van der Waals surface area contributed by atoms with E-state index in [1.807, 2.05) is 59.8 Å². The van der Waals surface area contributed by atoms with Crippen molar-refractivity contribution >= 4 is 22.7 Å². The molecule has 144 valence electrons.